The fourth-order valence-electron chi connectivity index (χ4n) is 3.98. The predicted octanol–water partition coefficient (Wildman–Crippen LogP) is 2.86. The molecule has 140 valence electrons. The number of hydrogen-bond acceptors (Lipinski definition) is 5. The lowest BCUT2D eigenvalue weighted by molar-refractivity contribution is 0.246. The van der Waals surface area contributed by atoms with E-state index in [9.17, 15) is 8.42 Å². The highest BCUT2D eigenvalue weighted by Gasteiger charge is 2.27. The molecule has 1 aromatic carbocycles. The molecule has 0 bridgehead atoms. The van der Waals surface area contributed by atoms with Crippen molar-refractivity contribution in [2.45, 2.75) is 29.5 Å². The molecule has 0 amide bonds. The standard InChI is InChI=1S/C19H25N3O2S2/c1-21-11-8-16-13-15(6-7-17(16)21)18(22-9-2-3-10-22)14-20-26(23,24)19-5-4-12-25-19/h4-7,12-13,18,20H,2-3,8-11,14H2,1H3/t18-/m1/s1. The van der Waals surface area contributed by atoms with Crippen molar-refractivity contribution in [3.05, 3.63) is 46.8 Å². The van der Waals surface area contributed by atoms with E-state index in [-0.39, 0.29) is 6.04 Å². The number of anilines is 1. The Labute approximate surface area is 159 Å². The van der Waals surface area contributed by atoms with Crippen LogP contribution in [0.2, 0.25) is 0 Å². The van der Waals surface area contributed by atoms with Crippen LogP contribution in [0.3, 0.4) is 0 Å². The lowest BCUT2D eigenvalue weighted by atomic mass is 10.0. The van der Waals surface area contributed by atoms with Gasteiger partial charge in [-0.05, 0) is 61.0 Å². The van der Waals surface area contributed by atoms with Crippen LogP contribution in [-0.4, -0.2) is 46.5 Å². The van der Waals surface area contributed by atoms with Gasteiger partial charge in [-0.2, -0.15) is 0 Å². The van der Waals surface area contributed by atoms with Crippen LogP contribution in [-0.2, 0) is 16.4 Å². The topological polar surface area (TPSA) is 52.7 Å². The van der Waals surface area contributed by atoms with Crippen molar-refractivity contribution in [1.29, 1.82) is 0 Å². The molecule has 0 saturated carbocycles. The van der Waals surface area contributed by atoms with Gasteiger partial charge in [-0.25, -0.2) is 13.1 Å². The van der Waals surface area contributed by atoms with Crippen LogP contribution in [0, 0.1) is 0 Å². The average molecular weight is 392 g/mol. The third kappa shape index (κ3) is 3.53. The molecule has 0 unspecified atom stereocenters. The molecule has 3 heterocycles. The summed E-state index contributed by atoms with van der Waals surface area (Å²) in [5.41, 5.74) is 3.89. The van der Waals surface area contributed by atoms with E-state index >= 15 is 0 Å². The first-order valence-electron chi connectivity index (χ1n) is 9.16. The maximum absolute atomic E-state index is 12.5. The summed E-state index contributed by atoms with van der Waals surface area (Å²) in [6.45, 7) is 3.53. The van der Waals surface area contributed by atoms with Crippen LogP contribution in [0.25, 0.3) is 0 Å². The van der Waals surface area contributed by atoms with E-state index in [1.807, 2.05) is 0 Å². The third-order valence-electron chi connectivity index (χ3n) is 5.42. The van der Waals surface area contributed by atoms with Crippen LogP contribution in [0.1, 0.15) is 30.0 Å². The first-order valence-corrected chi connectivity index (χ1v) is 11.5. The van der Waals surface area contributed by atoms with Gasteiger partial charge in [-0.15, -0.1) is 11.3 Å². The molecule has 2 aliphatic heterocycles. The number of nitrogens with zero attached hydrogens (tertiary/aromatic N) is 2. The first-order chi connectivity index (χ1) is 12.5. The van der Waals surface area contributed by atoms with E-state index in [0.29, 0.717) is 10.8 Å². The highest BCUT2D eigenvalue weighted by atomic mass is 32.2. The Morgan fingerprint density at radius 2 is 2.00 bits per heavy atom. The molecule has 1 fully saturated rings. The summed E-state index contributed by atoms with van der Waals surface area (Å²) < 4.78 is 28.3. The van der Waals surface area contributed by atoms with Gasteiger partial charge in [0, 0.05) is 31.9 Å². The number of rotatable bonds is 6. The average Bonchev–Trinajstić information content (AvgIpc) is 3.37. The summed E-state index contributed by atoms with van der Waals surface area (Å²) in [6.07, 6.45) is 3.43. The second kappa shape index (κ2) is 7.31. The molecule has 5 nitrogen and oxygen atoms in total. The molecule has 7 heteroatoms. The molecule has 4 rings (SSSR count). The quantitative estimate of drug-likeness (QED) is 0.823. The number of likely N-dealkylation sites (tertiary alicyclic amines) is 1. The maximum atomic E-state index is 12.5. The Hall–Kier alpha value is -1.41. The molecule has 0 aliphatic carbocycles. The molecule has 0 spiro atoms. The van der Waals surface area contributed by atoms with Crippen molar-refractivity contribution in [1.82, 2.24) is 9.62 Å². The Kier molecular flexibility index (Phi) is 5.05. The zero-order valence-electron chi connectivity index (χ0n) is 15.0. The van der Waals surface area contributed by atoms with Crippen molar-refractivity contribution < 1.29 is 8.42 Å². The highest BCUT2D eigenvalue weighted by Crippen LogP contribution is 2.32. The van der Waals surface area contributed by atoms with Gasteiger partial charge in [0.25, 0.3) is 0 Å². The van der Waals surface area contributed by atoms with Crippen molar-refractivity contribution in [2.24, 2.45) is 0 Å². The van der Waals surface area contributed by atoms with Crippen molar-refractivity contribution >= 4 is 27.0 Å². The summed E-state index contributed by atoms with van der Waals surface area (Å²) in [7, 11) is -1.31. The molecule has 2 aromatic rings. The fourth-order valence-corrected chi connectivity index (χ4v) is 6.06. The van der Waals surface area contributed by atoms with E-state index in [2.05, 4.69) is 39.8 Å². The van der Waals surface area contributed by atoms with Crippen molar-refractivity contribution in [2.75, 3.05) is 38.1 Å². The SMILES string of the molecule is CN1CCc2cc([C@@H](CNS(=O)(=O)c3cccs3)N3CCCC3)ccc21. The summed E-state index contributed by atoms with van der Waals surface area (Å²) in [6, 6.07) is 10.2. The summed E-state index contributed by atoms with van der Waals surface area (Å²) in [5, 5.41) is 1.80. The van der Waals surface area contributed by atoms with E-state index in [1.165, 1.54) is 41.0 Å². The lowest BCUT2D eigenvalue weighted by Crippen LogP contribution is -2.36. The number of hydrogen-bond donors (Lipinski definition) is 1. The van der Waals surface area contributed by atoms with Crippen LogP contribution < -0.4 is 9.62 Å². The second-order valence-electron chi connectivity index (χ2n) is 7.10. The molecule has 1 N–H and O–H groups in total. The van der Waals surface area contributed by atoms with Gasteiger partial charge in [-0.3, -0.25) is 4.90 Å². The third-order valence-corrected chi connectivity index (χ3v) is 8.25. The predicted molar refractivity (Wildman–Crippen MR) is 106 cm³/mol. The highest BCUT2D eigenvalue weighted by molar-refractivity contribution is 7.91. The summed E-state index contributed by atoms with van der Waals surface area (Å²) >= 11 is 1.26. The van der Waals surface area contributed by atoms with Gasteiger partial charge in [0.1, 0.15) is 4.21 Å². The molecule has 2 aliphatic rings. The zero-order valence-corrected chi connectivity index (χ0v) is 16.7. The van der Waals surface area contributed by atoms with Crippen molar-refractivity contribution in [3.63, 3.8) is 0 Å². The molecule has 1 saturated heterocycles. The molecular formula is C19H25N3O2S2. The van der Waals surface area contributed by atoms with E-state index in [0.717, 1.165) is 26.1 Å². The summed E-state index contributed by atoms with van der Waals surface area (Å²) in [4.78, 5) is 4.70. The summed E-state index contributed by atoms with van der Waals surface area (Å²) in [5.74, 6) is 0. The number of nitrogens with one attached hydrogen (secondary N) is 1. The number of sulfonamides is 1. The van der Waals surface area contributed by atoms with Gasteiger partial charge < -0.3 is 4.90 Å². The number of benzene rings is 1. The Morgan fingerprint density at radius 1 is 1.19 bits per heavy atom. The van der Waals surface area contributed by atoms with Gasteiger partial charge in [0.15, 0.2) is 0 Å². The Morgan fingerprint density at radius 3 is 2.73 bits per heavy atom. The monoisotopic (exact) mass is 391 g/mol. The number of thiophene rings is 1. The first kappa shape index (κ1) is 18.0. The molecule has 1 atom stereocenters. The largest absolute Gasteiger partial charge is 0.374 e. The van der Waals surface area contributed by atoms with Crippen LogP contribution >= 0.6 is 11.3 Å². The second-order valence-corrected chi connectivity index (χ2v) is 10.0. The molecule has 0 radical (unpaired) electrons. The molecule has 1 aromatic heterocycles. The minimum atomic E-state index is -3.44. The van der Waals surface area contributed by atoms with Crippen molar-refractivity contribution in [3.8, 4) is 0 Å². The van der Waals surface area contributed by atoms with E-state index < -0.39 is 10.0 Å². The van der Waals surface area contributed by atoms with Gasteiger partial charge in [0.05, 0.1) is 0 Å². The van der Waals surface area contributed by atoms with Crippen LogP contribution in [0.15, 0.2) is 39.9 Å². The molecular weight excluding hydrogens is 366 g/mol. The zero-order chi connectivity index (χ0) is 18.1. The minimum Gasteiger partial charge on any atom is -0.374 e. The number of fused-ring (bicyclic) bond motifs is 1. The van der Waals surface area contributed by atoms with Gasteiger partial charge in [-0.1, -0.05) is 18.2 Å². The normalized spacial score (nSPS) is 19.0. The van der Waals surface area contributed by atoms with Crippen LogP contribution in [0.5, 0.6) is 0 Å². The lowest BCUT2D eigenvalue weighted by Gasteiger charge is -2.28. The van der Waals surface area contributed by atoms with Gasteiger partial charge >= 0.3 is 0 Å². The smallest absolute Gasteiger partial charge is 0.250 e. The van der Waals surface area contributed by atoms with Crippen LogP contribution in [0.4, 0.5) is 5.69 Å². The van der Waals surface area contributed by atoms with E-state index in [4.69, 9.17) is 0 Å². The maximum Gasteiger partial charge on any atom is 0.250 e. The van der Waals surface area contributed by atoms with Gasteiger partial charge in [0.2, 0.25) is 10.0 Å². The fraction of sp³-hybridized carbons (Fsp3) is 0.474. The van der Waals surface area contributed by atoms with E-state index in [1.54, 1.807) is 17.5 Å². The Balaban J connectivity index is 1.57. The Bertz CT molecular complexity index is 859. The number of likely N-dealkylation sites (N-methyl/N-ethyl adjacent to an activating group) is 1. The molecule has 26 heavy (non-hydrogen) atoms. The minimum absolute atomic E-state index is 0.0865.